The second-order valence-electron chi connectivity index (χ2n) is 6.32. The first kappa shape index (κ1) is 17.8. The summed E-state index contributed by atoms with van der Waals surface area (Å²) in [6.45, 7) is 8.27. The lowest BCUT2D eigenvalue weighted by Gasteiger charge is -2.10. The van der Waals surface area contributed by atoms with Gasteiger partial charge in [0.1, 0.15) is 5.82 Å². The zero-order chi connectivity index (χ0) is 18.7. The molecule has 2 aromatic heterocycles. The summed E-state index contributed by atoms with van der Waals surface area (Å²) in [5, 5.41) is 10.1. The molecule has 1 amide bonds. The molecule has 2 heterocycles. The summed E-state index contributed by atoms with van der Waals surface area (Å²) in [4.78, 5) is 21.4. The molecular weight excluding hydrogens is 326 g/mol. The van der Waals surface area contributed by atoms with Crippen LogP contribution in [0.15, 0.2) is 30.5 Å². The highest BCUT2D eigenvalue weighted by Crippen LogP contribution is 2.23. The molecule has 0 unspecified atom stereocenters. The number of aromatic nitrogens is 4. The molecule has 0 aliphatic rings. The number of hydrogen-bond acceptors (Lipinski definition) is 4. The maximum absolute atomic E-state index is 12.6. The number of carbonyl (C=O) groups is 1. The zero-order valence-electron chi connectivity index (χ0n) is 15.6. The van der Waals surface area contributed by atoms with E-state index in [1.54, 1.807) is 0 Å². The first-order valence-electron chi connectivity index (χ1n) is 8.71. The van der Waals surface area contributed by atoms with Gasteiger partial charge in [-0.25, -0.2) is 9.97 Å². The van der Waals surface area contributed by atoms with E-state index in [0.29, 0.717) is 12.1 Å². The topological polar surface area (TPSA) is 83.6 Å². The molecule has 3 rings (SSSR count). The minimum atomic E-state index is -0.115. The Morgan fingerprint density at radius 3 is 2.73 bits per heavy atom. The normalized spacial score (nSPS) is 10.8. The molecule has 2 N–H and O–H groups in total. The van der Waals surface area contributed by atoms with Crippen LogP contribution < -0.4 is 5.32 Å². The minimum Gasteiger partial charge on any atom is -0.348 e. The maximum Gasteiger partial charge on any atom is 0.251 e. The number of aromatic amines is 1. The molecule has 0 bridgehead atoms. The number of H-pyrrole nitrogens is 1. The summed E-state index contributed by atoms with van der Waals surface area (Å²) < 4.78 is 0. The van der Waals surface area contributed by atoms with Crippen LogP contribution in [0.3, 0.4) is 0 Å². The van der Waals surface area contributed by atoms with Gasteiger partial charge in [-0.1, -0.05) is 19.1 Å². The molecule has 3 aromatic rings. The largest absolute Gasteiger partial charge is 0.348 e. The van der Waals surface area contributed by atoms with Crippen molar-refractivity contribution in [2.24, 2.45) is 0 Å². The smallest absolute Gasteiger partial charge is 0.251 e. The number of rotatable bonds is 5. The standard InChI is InChI=1S/C20H23N5O/c1-5-15-10-21-14(4)23-19(15)16-7-6-8-17(9-16)20(26)22-11-18-12(2)24-25-13(18)3/h6-10H,5,11H2,1-4H3,(H,22,26)(H,24,25). The highest BCUT2D eigenvalue weighted by atomic mass is 16.1. The molecule has 0 atom stereocenters. The first-order valence-corrected chi connectivity index (χ1v) is 8.71. The number of carbonyl (C=O) groups excluding carboxylic acids is 1. The molecule has 1 aromatic carbocycles. The highest BCUT2D eigenvalue weighted by molar-refractivity contribution is 5.95. The van der Waals surface area contributed by atoms with Gasteiger partial charge in [0, 0.05) is 35.1 Å². The van der Waals surface area contributed by atoms with Gasteiger partial charge in [-0.3, -0.25) is 9.89 Å². The van der Waals surface area contributed by atoms with Crippen LogP contribution in [0.5, 0.6) is 0 Å². The van der Waals surface area contributed by atoms with Crippen molar-refractivity contribution in [3.8, 4) is 11.3 Å². The number of aryl methyl sites for hydroxylation is 4. The fourth-order valence-corrected chi connectivity index (χ4v) is 2.92. The Morgan fingerprint density at radius 1 is 1.23 bits per heavy atom. The van der Waals surface area contributed by atoms with Gasteiger partial charge in [-0.15, -0.1) is 0 Å². The van der Waals surface area contributed by atoms with E-state index in [1.807, 2.05) is 51.2 Å². The quantitative estimate of drug-likeness (QED) is 0.740. The van der Waals surface area contributed by atoms with Crippen LogP contribution in [-0.4, -0.2) is 26.1 Å². The monoisotopic (exact) mass is 349 g/mol. The predicted octanol–water partition coefficient (Wildman–Crippen LogP) is 3.28. The predicted molar refractivity (Wildman–Crippen MR) is 101 cm³/mol. The van der Waals surface area contributed by atoms with Crippen molar-refractivity contribution in [3.05, 3.63) is 64.4 Å². The molecule has 0 aliphatic carbocycles. The summed E-state index contributed by atoms with van der Waals surface area (Å²) in [5.41, 5.74) is 6.39. The molecule has 6 nitrogen and oxygen atoms in total. The third-order valence-corrected chi connectivity index (χ3v) is 4.47. The van der Waals surface area contributed by atoms with Gasteiger partial charge >= 0.3 is 0 Å². The highest BCUT2D eigenvalue weighted by Gasteiger charge is 2.12. The average molecular weight is 349 g/mol. The molecule has 0 aliphatic heterocycles. The molecule has 0 fully saturated rings. The summed E-state index contributed by atoms with van der Waals surface area (Å²) in [5.74, 6) is 0.605. The van der Waals surface area contributed by atoms with Crippen LogP contribution in [0.4, 0.5) is 0 Å². The number of nitrogens with one attached hydrogen (secondary N) is 2. The van der Waals surface area contributed by atoms with E-state index < -0.39 is 0 Å². The van der Waals surface area contributed by atoms with E-state index in [9.17, 15) is 4.79 Å². The van der Waals surface area contributed by atoms with Crippen molar-refractivity contribution in [3.63, 3.8) is 0 Å². The lowest BCUT2D eigenvalue weighted by atomic mass is 10.0. The number of nitrogens with zero attached hydrogens (tertiary/aromatic N) is 3. The molecule has 6 heteroatoms. The molecule has 0 saturated carbocycles. The first-order chi connectivity index (χ1) is 12.5. The third kappa shape index (κ3) is 3.64. The summed E-state index contributed by atoms with van der Waals surface area (Å²) in [7, 11) is 0. The van der Waals surface area contributed by atoms with E-state index in [-0.39, 0.29) is 5.91 Å². The summed E-state index contributed by atoms with van der Waals surface area (Å²) >= 11 is 0. The lowest BCUT2D eigenvalue weighted by Crippen LogP contribution is -2.23. The zero-order valence-corrected chi connectivity index (χ0v) is 15.6. The fourth-order valence-electron chi connectivity index (χ4n) is 2.92. The number of amides is 1. The molecule has 0 radical (unpaired) electrons. The van der Waals surface area contributed by atoms with E-state index in [2.05, 4.69) is 32.4 Å². The van der Waals surface area contributed by atoms with Gasteiger partial charge in [0.15, 0.2) is 0 Å². The van der Waals surface area contributed by atoms with Crippen LogP contribution >= 0.6 is 0 Å². The van der Waals surface area contributed by atoms with Gasteiger partial charge in [0.25, 0.3) is 5.91 Å². The van der Waals surface area contributed by atoms with Crippen LogP contribution in [0, 0.1) is 20.8 Å². The SMILES string of the molecule is CCc1cnc(C)nc1-c1cccc(C(=O)NCc2c(C)n[nH]c2C)c1. The van der Waals surface area contributed by atoms with Gasteiger partial charge < -0.3 is 5.32 Å². The fraction of sp³-hybridized carbons (Fsp3) is 0.300. The van der Waals surface area contributed by atoms with Crippen LogP contribution in [0.25, 0.3) is 11.3 Å². The maximum atomic E-state index is 12.6. The third-order valence-electron chi connectivity index (χ3n) is 4.47. The van der Waals surface area contributed by atoms with Gasteiger partial charge in [0.2, 0.25) is 0 Å². The summed E-state index contributed by atoms with van der Waals surface area (Å²) in [6, 6.07) is 7.55. The number of benzene rings is 1. The van der Waals surface area contributed by atoms with Crippen molar-refractivity contribution in [2.45, 2.75) is 40.7 Å². The van der Waals surface area contributed by atoms with Crippen LogP contribution in [-0.2, 0) is 13.0 Å². The molecule has 26 heavy (non-hydrogen) atoms. The Bertz CT molecular complexity index is 926. The lowest BCUT2D eigenvalue weighted by molar-refractivity contribution is 0.0951. The average Bonchev–Trinajstić information content (AvgIpc) is 2.97. The van der Waals surface area contributed by atoms with Crippen molar-refractivity contribution in [1.82, 2.24) is 25.5 Å². The van der Waals surface area contributed by atoms with Gasteiger partial charge in [-0.2, -0.15) is 5.10 Å². The van der Waals surface area contributed by atoms with E-state index in [0.717, 1.165) is 46.0 Å². The van der Waals surface area contributed by atoms with Crippen LogP contribution in [0.2, 0.25) is 0 Å². The Labute approximate surface area is 153 Å². The Hall–Kier alpha value is -3.02. The Morgan fingerprint density at radius 2 is 2.04 bits per heavy atom. The second kappa shape index (κ2) is 7.47. The van der Waals surface area contributed by atoms with Crippen molar-refractivity contribution in [2.75, 3.05) is 0 Å². The molecular formula is C20H23N5O. The van der Waals surface area contributed by atoms with Crippen molar-refractivity contribution in [1.29, 1.82) is 0 Å². The van der Waals surface area contributed by atoms with E-state index >= 15 is 0 Å². The van der Waals surface area contributed by atoms with Crippen molar-refractivity contribution < 1.29 is 4.79 Å². The van der Waals surface area contributed by atoms with Crippen LogP contribution in [0.1, 0.15) is 45.6 Å². The van der Waals surface area contributed by atoms with E-state index in [4.69, 9.17) is 0 Å². The second-order valence-corrected chi connectivity index (χ2v) is 6.32. The summed E-state index contributed by atoms with van der Waals surface area (Å²) in [6.07, 6.45) is 2.69. The van der Waals surface area contributed by atoms with Gasteiger partial charge in [0.05, 0.1) is 11.4 Å². The molecule has 134 valence electrons. The molecule has 0 spiro atoms. The Balaban J connectivity index is 1.83. The van der Waals surface area contributed by atoms with Gasteiger partial charge in [-0.05, 0) is 44.9 Å². The Kier molecular flexibility index (Phi) is 5.11. The molecule has 0 saturated heterocycles. The van der Waals surface area contributed by atoms with E-state index in [1.165, 1.54) is 0 Å². The number of hydrogen-bond donors (Lipinski definition) is 2. The van der Waals surface area contributed by atoms with Crippen molar-refractivity contribution >= 4 is 5.91 Å². The minimum absolute atomic E-state index is 0.115.